The van der Waals surface area contributed by atoms with Crippen LogP contribution in [0.5, 0.6) is 0 Å². The summed E-state index contributed by atoms with van der Waals surface area (Å²) in [5.41, 5.74) is 3.28. The molecule has 0 saturated heterocycles. The maximum Gasteiger partial charge on any atom is 0.349 e. The molecule has 0 bridgehead atoms. The van der Waals surface area contributed by atoms with E-state index < -0.39 is 5.97 Å². The summed E-state index contributed by atoms with van der Waals surface area (Å²) in [5, 5.41) is 11.5. The van der Waals surface area contributed by atoms with Crippen molar-refractivity contribution in [2.45, 2.75) is 53.6 Å². The second-order valence-electron chi connectivity index (χ2n) is 6.67. The highest BCUT2D eigenvalue weighted by Crippen LogP contribution is 2.35. The van der Waals surface area contributed by atoms with Crippen molar-refractivity contribution < 1.29 is 14.3 Å². The van der Waals surface area contributed by atoms with Crippen molar-refractivity contribution in [3.05, 3.63) is 46.0 Å². The standard InChI is InChI=1S/C22H25N3O3S/c1-6-16-9-8-10-17(7-2)20(16)25(15(5)26)22-24-19(13-29-22)11-18(12-23)21(27)28-14(3)4/h8-11,13-14H,6-7H2,1-5H3/b18-11+. The number of thiazole rings is 1. The molecule has 1 aromatic heterocycles. The molecule has 7 heteroatoms. The highest BCUT2D eigenvalue weighted by Gasteiger charge is 2.23. The molecule has 0 spiro atoms. The van der Waals surface area contributed by atoms with Crippen molar-refractivity contribution in [1.82, 2.24) is 4.98 Å². The number of aryl methyl sites for hydroxylation is 2. The average molecular weight is 412 g/mol. The summed E-state index contributed by atoms with van der Waals surface area (Å²) >= 11 is 1.29. The summed E-state index contributed by atoms with van der Waals surface area (Å²) in [5.74, 6) is -0.838. The fourth-order valence-electron chi connectivity index (χ4n) is 2.90. The molecule has 0 fully saturated rings. The molecular weight excluding hydrogens is 386 g/mol. The lowest BCUT2D eigenvalue weighted by molar-refractivity contribution is -0.142. The quantitative estimate of drug-likeness (QED) is 0.371. The van der Waals surface area contributed by atoms with E-state index in [0.717, 1.165) is 29.7 Å². The highest BCUT2D eigenvalue weighted by molar-refractivity contribution is 7.14. The Kier molecular flexibility index (Phi) is 7.68. The van der Waals surface area contributed by atoms with Gasteiger partial charge in [0.25, 0.3) is 0 Å². The van der Waals surface area contributed by atoms with Crippen LogP contribution in [0.15, 0.2) is 29.2 Å². The van der Waals surface area contributed by atoms with Crippen molar-refractivity contribution in [2.75, 3.05) is 4.90 Å². The largest absolute Gasteiger partial charge is 0.459 e. The van der Waals surface area contributed by atoms with Crippen molar-refractivity contribution in [1.29, 1.82) is 5.26 Å². The average Bonchev–Trinajstić information content (AvgIpc) is 3.13. The molecule has 152 valence electrons. The molecule has 0 saturated carbocycles. The number of hydrogen-bond donors (Lipinski definition) is 0. The minimum atomic E-state index is -0.690. The number of amides is 1. The van der Waals surface area contributed by atoms with Crippen LogP contribution < -0.4 is 4.90 Å². The lowest BCUT2D eigenvalue weighted by Gasteiger charge is -2.24. The van der Waals surface area contributed by atoms with Crippen LogP contribution in [0.25, 0.3) is 6.08 Å². The number of carbonyl (C=O) groups is 2. The van der Waals surface area contributed by atoms with Crippen LogP contribution >= 0.6 is 11.3 Å². The highest BCUT2D eigenvalue weighted by atomic mass is 32.1. The van der Waals surface area contributed by atoms with Gasteiger partial charge in [-0.3, -0.25) is 9.69 Å². The summed E-state index contributed by atoms with van der Waals surface area (Å²) < 4.78 is 5.08. The van der Waals surface area contributed by atoms with E-state index in [9.17, 15) is 14.9 Å². The van der Waals surface area contributed by atoms with Gasteiger partial charge in [0, 0.05) is 12.3 Å². The lowest BCUT2D eigenvalue weighted by Crippen LogP contribution is -2.25. The van der Waals surface area contributed by atoms with Crippen molar-refractivity contribution in [3.63, 3.8) is 0 Å². The minimum Gasteiger partial charge on any atom is -0.459 e. The Labute approximate surface area is 175 Å². The summed E-state index contributed by atoms with van der Waals surface area (Å²) in [6.07, 6.45) is 2.63. The van der Waals surface area contributed by atoms with Crippen LogP contribution in [0.1, 0.15) is 51.4 Å². The Morgan fingerprint density at radius 3 is 2.38 bits per heavy atom. The molecule has 0 aliphatic carbocycles. The molecule has 2 aromatic rings. The summed E-state index contributed by atoms with van der Waals surface area (Å²) in [7, 11) is 0. The first-order chi connectivity index (χ1) is 13.8. The molecule has 29 heavy (non-hydrogen) atoms. The SMILES string of the molecule is CCc1cccc(CC)c1N(C(C)=O)c1nc(/C=C(\C#N)C(=O)OC(C)C)cs1. The van der Waals surface area contributed by atoms with Gasteiger partial charge >= 0.3 is 5.97 Å². The predicted molar refractivity (Wildman–Crippen MR) is 115 cm³/mol. The molecule has 1 heterocycles. The van der Waals surface area contributed by atoms with Gasteiger partial charge in [0.2, 0.25) is 5.91 Å². The van der Waals surface area contributed by atoms with E-state index in [0.29, 0.717) is 10.8 Å². The molecule has 6 nitrogen and oxygen atoms in total. The van der Waals surface area contributed by atoms with Gasteiger partial charge in [-0.2, -0.15) is 5.26 Å². The number of anilines is 2. The number of esters is 1. The normalized spacial score (nSPS) is 11.3. The van der Waals surface area contributed by atoms with E-state index in [-0.39, 0.29) is 17.6 Å². The zero-order valence-electron chi connectivity index (χ0n) is 17.4. The second-order valence-corrected chi connectivity index (χ2v) is 7.50. The van der Waals surface area contributed by atoms with Crippen molar-refractivity contribution in [3.8, 4) is 6.07 Å². The van der Waals surface area contributed by atoms with E-state index in [4.69, 9.17) is 4.74 Å². The van der Waals surface area contributed by atoms with Crippen molar-refractivity contribution in [2.24, 2.45) is 0 Å². The zero-order chi connectivity index (χ0) is 21.6. The summed E-state index contributed by atoms with van der Waals surface area (Å²) in [4.78, 5) is 30.7. The Morgan fingerprint density at radius 1 is 1.28 bits per heavy atom. The number of nitriles is 1. The van der Waals surface area contributed by atoms with Gasteiger partial charge in [0.15, 0.2) is 5.13 Å². The number of para-hydroxylation sites is 1. The Morgan fingerprint density at radius 2 is 1.90 bits per heavy atom. The first kappa shape index (κ1) is 22.3. The molecule has 1 aromatic carbocycles. The third-order valence-corrected chi connectivity index (χ3v) is 5.02. The minimum absolute atomic E-state index is 0.131. The summed E-state index contributed by atoms with van der Waals surface area (Å²) in [6, 6.07) is 7.87. The molecule has 0 aliphatic heterocycles. The first-order valence-electron chi connectivity index (χ1n) is 9.52. The van der Waals surface area contributed by atoms with Crippen LogP contribution in [0.3, 0.4) is 0 Å². The number of ether oxygens (including phenoxy) is 1. The number of aromatic nitrogens is 1. The first-order valence-corrected chi connectivity index (χ1v) is 10.4. The molecule has 2 rings (SSSR count). The third-order valence-electron chi connectivity index (χ3n) is 4.18. The van der Waals surface area contributed by atoms with Gasteiger partial charge in [-0.1, -0.05) is 32.0 Å². The van der Waals surface area contributed by atoms with E-state index in [2.05, 4.69) is 4.98 Å². The predicted octanol–water partition coefficient (Wildman–Crippen LogP) is 4.81. The van der Waals surface area contributed by atoms with Crippen LogP contribution in [0, 0.1) is 11.3 Å². The molecular formula is C22H25N3O3S. The van der Waals surface area contributed by atoms with Gasteiger partial charge in [0.05, 0.1) is 17.5 Å². The molecule has 0 N–H and O–H groups in total. The van der Waals surface area contributed by atoms with Gasteiger partial charge in [-0.15, -0.1) is 11.3 Å². The van der Waals surface area contributed by atoms with Crippen LogP contribution in [-0.2, 0) is 27.2 Å². The number of nitrogens with zero attached hydrogens (tertiary/aromatic N) is 3. The summed E-state index contributed by atoms with van der Waals surface area (Å²) in [6.45, 7) is 9.03. The second kappa shape index (κ2) is 9.99. The fourth-order valence-corrected chi connectivity index (χ4v) is 3.73. The van der Waals surface area contributed by atoms with Gasteiger partial charge in [-0.25, -0.2) is 9.78 Å². The van der Waals surface area contributed by atoms with Gasteiger partial charge in [-0.05, 0) is 43.9 Å². The Balaban J connectivity index is 2.49. The smallest absolute Gasteiger partial charge is 0.349 e. The zero-order valence-corrected chi connectivity index (χ0v) is 18.2. The third kappa shape index (κ3) is 5.30. The molecule has 0 unspecified atom stereocenters. The van der Waals surface area contributed by atoms with Crippen LogP contribution in [-0.4, -0.2) is 23.0 Å². The topological polar surface area (TPSA) is 83.3 Å². The van der Waals surface area contributed by atoms with Gasteiger partial charge < -0.3 is 4.74 Å². The van der Waals surface area contributed by atoms with E-state index in [1.54, 1.807) is 24.1 Å². The Bertz CT molecular complexity index is 948. The number of hydrogen-bond acceptors (Lipinski definition) is 6. The maximum atomic E-state index is 12.5. The van der Waals surface area contributed by atoms with Crippen LogP contribution in [0.2, 0.25) is 0 Å². The maximum absolute atomic E-state index is 12.5. The Hall–Kier alpha value is -2.98. The van der Waals surface area contributed by atoms with Gasteiger partial charge in [0.1, 0.15) is 11.6 Å². The number of benzene rings is 1. The molecule has 0 radical (unpaired) electrons. The number of rotatable bonds is 7. The van der Waals surface area contributed by atoms with E-state index in [1.165, 1.54) is 24.3 Å². The molecule has 0 atom stereocenters. The monoisotopic (exact) mass is 411 g/mol. The molecule has 0 aliphatic rings. The van der Waals surface area contributed by atoms with E-state index in [1.807, 2.05) is 38.1 Å². The van der Waals surface area contributed by atoms with E-state index >= 15 is 0 Å². The number of carbonyl (C=O) groups excluding carboxylic acids is 2. The lowest BCUT2D eigenvalue weighted by atomic mass is 10.0. The van der Waals surface area contributed by atoms with Crippen molar-refractivity contribution >= 4 is 40.1 Å². The molecule has 1 amide bonds. The van der Waals surface area contributed by atoms with Crippen LogP contribution in [0.4, 0.5) is 10.8 Å². The fraction of sp³-hybridized carbons (Fsp3) is 0.364.